The van der Waals surface area contributed by atoms with Gasteiger partial charge in [-0.1, -0.05) is 51.5 Å². The maximum atomic E-state index is 11.0. The highest BCUT2D eigenvalue weighted by Gasteiger charge is 2.27. The quantitative estimate of drug-likeness (QED) is 0.182. The van der Waals surface area contributed by atoms with Gasteiger partial charge in [-0.2, -0.15) is 0 Å². The van der Waals surface area contributed by atoms with Crippen LogP contribution in [0.3, 0.4) is 0 Å². The van der Waals surface area contributed by atoms with Crippen molar-refractivity contribution in [2.45, 2.75) is 83.4 Å². The Labute approximate surface area is 143 Å². The van der Waals surface area contributed by atoms with E-state index >= 15 is 0 Å². The summed E-state index contributed by atoms with van der Waals surface area (Å²) >= 11 is 0. The normalized spacial score (nSPS) is 12.9. The molecule has 0 aliphatic carbocycles. The van der Waals surface area contributed by atoms with Gasteiger partial charge < -0.3 is 13.6 Å². The Bertz CT molecular complexity index is 316. The molecule has 0 spiro atoms. The van der Waals surface area contributed by atoms with Gasteiger partial charge in [0.2, 0.25) is 0 Å². The summed E-state index contributed by atoms with van der Waals surface area (Å²) in [5.41, 5.74) is 0. The molecular formula is C18H36O4Si. The highest BCUT2D eigenvalue weighted by molar-refractivity contribution is 6.65. The van der Waals surface area contributed by atoms with Crippen LogP contribution in [-0.2, 0) is 18.4 Å². The molecule has 1 unspecified atom stereocenters. The summed E-state index contributed by atoms with van der Waals surface area (Å²) < 4.78 is 16.1. The molecule has 0 aliphatic heterocycles. The molecule has 0 fully saturated rings. The Morgan fingerprint density at radius 1 is 1.00 bits per heavy atom. The molecule has 0 saturated heterocycles. The molecule has 136 valence electrons. The van der Waals surface area contributed by atoms with Crippen LogP contribution < -0.4 is 0 Å². The lowest BCUT2D eigenvalue weighted by molar-refractivity contribution is -0.142. The molecule has 23 heavy (non-hydrogen) atoms. The van der Waals surface area contributed by atoms with Crippen molar-refractivity contribution in [1.82, 2.24) is 0 Å². The summed E-state index contributed by atoms with van der Waals surface area (Å²) in [6, 6.07) is 1.08. The molecule has 1 atom stereocenters. The SMILES string of the molecule is C=CC(=O)OC(C)CCCCCCCCCC[Si](C)(OC)OC. The zero-order chi connectivity index (χ0) is 17.6. The average Bonchev–Trinajstić information content (AvgIpc) is 2.56. The maximum Gasteiger partial charge on any atom is 0.334 e. The minimum Gasteiger partial charge on any atom is -0.460 e. The fourth-order valence-corrected chi connectivity index (χ4v) is 4.00. The number of esters is 1. The summed E-state index contributed by atoms with van der Waals surface area (Å²) in [5.74, 6) is -0.321. The molecule has 0 aliphatic rings. The fraction of sp³-hybridized carbons (Fsp3) is 0.833. The largest absolute Gasteiger partial charge is 0.460 e. The predicted molar refractivity (Wildman–Crippen MR) is 97.7 cm³/mol. The molecular weight excluding hydrogens is 308 g/mol. The molecule has 0 N–H and O–H groups in total. The van der Waals surface area contributed by atoms with Gasteiger partial charge in [0.1, 0.15) is 0 Å². The van der Waals surface area contributed by atoms with Gasteiger partial charge in [-0.3, -0.25) is 0 Å². The van der Waals surface area contributed by atoms with E-state index < -0.39 is 8.56 Å². The van der Waals surface area contributed by atoms with Gasteiger partial charge in [0.15, 0.2) is 0 Å². The Hall–Kier alpha value is -0.653. The lowest BCUT2D eigenvalue weighted by atomic mass is 10.1. The molecule has 0 bridgehead atoms. The molecule has 0 aromatic carbocycles. The molecule has 0 rings (SSSR count). The minimum absolute atomic E-state index is 0.000506. The first-order valence-electron chi connectivity index (χ1n) is 8.90. The standard InChI is InChI=1S/C18H36O4Si/c1-6-18(19)22-17(2)15-13-11-9-7-8-10-12-14-16-23(5,20-3)21-4/h6,17H,1,7-16H2,2-5H3. The van der Waals surface area contributed by atoms with E-state index in [1.807, 2.05) is 6.92 Å². The van der Waals surface area contributed by atoms with Crippen LogP contribution in [0.15, 0.2) is 12.7 Å². The molecule has 0 aromatic heterocycles. The van der Waals surface area contributed by atoms with Gasteiger partial charge in [0, 0.05) is 20.3 Å². The van der Waals surface area contributed by atoms with Crippen molar-refractivity contribution in [3.05, 3.63) is 12.7 Å². The van der Waals surface area contributed by atoms with E-state index in [2.05, 4.69) is 13.1 Å². The number of rotatable bonds is 15. The first kappa shape index (κ1) is 22.3. The summed E-state index contributed by atoms with van der Waals surface area (Å²) in [6.45, 7) is 7.47. The van der Waals surface area contributed by atoms with Crippen LogP contribution in [0.4, 0.5) is 0 Å². The van der Waals surface area contributed by atoms with E-state index in [1.54, 1.807) is 14.2 Å². The highest BCUT2D eigenvalue weighted by Crippen LogP contribution is 2.18. The third-order valence-corrected chi connectivity index (χ3v) is 7.33. The number of carbonyl (C=O) groups is 1. The second kappa shape index (κ2) is 13.8. The van der Waals surface area contributed by atoms with Gasteiger partial charge in [0.05, 0.1) is 6.10 Å². The minimum atomic E-state index is -1.85. The number of hydrogen-bond acceptors (Lipinski definition) is 4. The molecule has 0 radical (unpaired) electrons. The summed E-state index contributed by atoms with van der Waals surface area (Å²) in [7, 11) is 1.67. The monoisotopic (exact) mass is 344 g/mol. The number of hydrogen-bond donors (Lipinski definition) is 0. The number of ether oxygens (including phenoxy) is 1. The fourth-order valence-electron chi connectivity index (χ4n) is 2.53. The van der Waals surface area contributed by atoms with E-state index in [9.17, 15) is 4.79 Å². The van der Waals surface area contributed by atoms with E-state index in [-0.39, 0.29) is 12.1 Å². The van der Waals surface area contributed by atoms with E-state index in [4.69, 9.17) is 13.6 Å². The van der Waals surface area contributed by atoms with E-state index in [0.717, 1.165) is 18.9 Å². The highest BCUT2D eigenvalue weighted by atomic mass is 28.4. The second-order valence-corrected chi connectivity index (χ2v) is 9.94. The lowest BCUT2D eigenvalue weighted by Crippen LogP contribution is -2.35. The number of carbonyl (C=O) groups excluding carboxylic acids is 1. The first-order chi connectivity index (χ1) is 11.0. The van der Waals surface area contributed by atoms with Crippen LogP contribution in [0.25, 0.3) is 0 Å². The van der Waals surface area contributed by atoms with Crippen molar-refractivity contribution in [1.29, 1.82) is 0 Å². The van der Waals surface area contributed by atoms with Crippen molar-refractivity contribution in [2.75, 3.05) is 14.2 Å². The van der Waals surface area contributed by atoms with Gasteiger partial charge in [-0.05, 0) is 32.4 Å². The van der Waals surface area contributed by atoms with Crippen LogP contribution in [-0.4, -0.2) is 34.9 Å². The third kappa shape index (κ3) is 12.4. The Morgan fingerprint density at radius 2 is 1.48 bits per heavy atom. The van der Waals surface area contributed by atoms with Crippen LogP contribution >= 0.6 is 0 Å². The Balaban J connectivity index is 3.37. The molecule has 0 aromatic rings. The summed E-state index contributed by atoms with van der Waals surface area (Å²) in [5, 5.41) is 0. The van der Waals surface area contributed by atoms with Crippen molar-refractivity contribution in [2.24, 2.45) is 0 Å². The van der Waals surface area contributed by atoms with Crippen molar-refractivity contribution in [3.8, 4) is 0 Å². The van der Waals surface area contributed by atoms with Crippen molar-refractivity contribution in [3.63, 3.8) is 0 Å². The molecule has 0 saturated carbocycles. The van der Waals surface area contributed by atoms with Crippen molar-refractivity contribution < 1.29 is 18.4 Å². The second-order valence-electron chi connectivity index (χ2n) is 6.36. The smallest absolute Gasteiger partial charge is 0.334 e. The zero-order valence-corrected chi connectivity index (χ0v) is 16.6. The molecule has 4 nitrogen and oxygen atoms in total. The lowest BCUT2D eigenvalue weighted by Gasteiger charge is -2.22. The topological polar surface area (TPSA) is 44.8 Å². The maximum absolute atomic E-state index is 11.0. The third-order valence-electron chi connectivity index (χ3n) is 4.34. The predicted octanol–water partition coefficient (Wildman–Crippen LogP) is 4.98. The Morgan fingerprint density at radius 3 is 1.96 bits per heavy atom. The van der Waals surface area contributed by atoms with Crippen LogP contribution in [0, 0.1) is 0 Å². The summed E-state index contributed by atoms with van der Waals surface area (Å²) in [6.07, 6.45) is 12.1. The first-order valence-corrected chi connectivity index (χ1v) is 11.4. The van der Waals surface area contributed by atoms with Crippen molar-refractivity contribution >= 4 is 14.5 Å². The molecule has 5 heteroatoms. The van der Waals surface area contributed by atoms with Gasteiger partial charge in [0.25, 0.3) is 0 Å². The zero-order valence-electron chi connectivity index (χ0n) is 15.6. The van der Waals surface area contributed by atoms with Gasteiger partial charge >= 0.3 is 14.5 Å². The molecule has 0 heterocycles. The van der Waals surface area contributed by atoms with Crippen LogP contribution in [0.1, 0.15) is 64.7 Å². The van der Waals surface area contributed by atoms with E-state index in [0.29, 0.717) is 0 Å². The summed E-state index contributed by atoms with van der Waals surface area (Å²) in [4.78, 5) is 11.0. The molecule has 0 amide bonds. The van der Waals surface area contributed by atoms with Gasteiger partial charge in [-0.25, -0.2) is 4.79 Å². The van der Waals surface area contributed by atoms with Gasteiger partial charge in [-0.15, -0.1) is 0 Å². The van der Waals surface area contributed by atoms with E-state index in [1.165, 1.54) is 51.0 Å². The average molecular weight is 345 g/mol. The number of unbranched alkanes of at least 4 members (excludes halogenated alkanes) is 7. The van der Waals surface area contributed by atoms with Crippen LogP contribution in [0.2, 0.25) is 12.6 Å². The Kier molecular flexibility index (Phi) is 13.4. The van der Waals surface area contributed by atoms with Crippen LogP contribution in [0.5, 0.6) is 0 Å².